The number of halogens is 2. The molecule has 0 saturated carbocycles. The molecule has 0 radical (unpaired) electrons. The largest absolute Gasteiger partial charge is 0.294 e. The van der Waals surface area contributed by atoms with Crippen LogP contribution in [-0.2, 0) is 10.0 Å². The molecule has 21 heavy (non-hydrogen) atoms. The molecule has 1 aromatic carbocycles. The van der Waals surface area contributed by atoms with E-state index in [0.717, 1.165) is 11.3 Å². The second kappa shape index (κ2) is 5.87. The lowest BCUT2D eigenvalue weighted by Gasteiger charge is -2.07. The number of aromatic nitrogens is 1. The molecule has 0 saturated heterocycles. The van der Waals surface area contributed by atoms with Gasteiger partial charge in [-0.3, -0.25) is 14.8 Å². The Labute approximate surface area is 137 Å². The Balaban J connectivity index is 2.47. The van der Waals surface area contributed by atoms with Crippen molar-refractivity contribution in [2.24, 2.45) is 0 Å². The second-order valence-corrected chi connectivity index (χ2v) is 8.24. The summed E-state index contributed by atoms with van der Waals surface area (Å²) in [5, 5.41) is 11.0. The molecule has 11 heteroatoms. The number of anilines is 1. The van der Waals surface area contributed by atoms with E-state index in [1.165, 1.54) is 25.1 Å². The molecule has 0 aliphatic rings. The molecule has 0 amide bonds. The van der Waals surface area contributed by atoms with Crippen molar-refractivity contribution >= 4 is 60.3 Å². The lowest BCUT2D eigenvalue weighted by molar-refractivity contribution is -0.384. The van der Waals surface area contributed by atoms with Gasteiger partial charge in [-0.25, -0.2) is 13.4 Å². The van der Waals surface area contributed by atoms with Crippen LogP contribution in [0.3, 0.4) is 0 Å². The molecular weight excluding hydrogens is 406 g/mol. The maximum Gasteiger partial charge on any atom is 0.294 e. The topological polar surface area (TPSA) is 102 Å². The van der Waals surface area contributed by atoms with Gasteiger partial charge in [-0.15, -0.1) is 0 Å². The smallest absolute Gasteiger partial charge is 0.272 e. The van der Waals surface area contributed by atoms with E-state index in [4.69, 9.17) is 11.6 Å². The Morgan fingerprint density at radius 1 is 1.48 bits per heavy atom. The highest BCUT2D eigenvalue weighted by Crippen LogP contribution is 2.32. The molecule has 0 aliphatic carbocycles. The van der Waals surface area contributed by atoms with E-state index in [-0.39, 0.29) is 25.7 Å². The Hall–Kier alpha value is -1.23. The van der Waals surface area contributed by atoms with Gasteiger partial charge < -0.3 is 0 Å². The predicted molar refractivity (Wildman–Crippen MR) is 83.5 cm³/mol. The van der Waals surface area contributed by atoms with Crippen molar-refractivity contribution < 1.29 is 13.3 Å². The molecule has 2 aromatic rings. The Bertz CT molecular complexity index is 822. The van der Waals surface area contributed by atoms with Crippen LogP contribution in [0.25, 0.3) is 0 Å². The lowest BCUT2D eigenvalue weighted by Crippen LogP contribution is -2.13. The van der Waals surface area contributed by atoms with Gasteiger partial charge in [0, 0.05) is 10.5 Å². The molecule has 0 atom stereocenters. The fraction of sp³-hybridized carbons (Fsp3) is 0.100. The normalized spacial score (nSPS) is 11.4. The van der Waals surface area contributed by atoms with Crippen LogP contribution in [0, 0.1) is 17.0 Å². The van der Waals surface area contributed by atoms with Crippen molar-refractivity contribution in [2.75, 3.05) is 4.72 Å². The number of benzene rings is 1. The van der Waals surface area contributed by atoms with Gasteiger partial charge in [0.05, 0.1) is 10.6 Å². The number of thiazole rings is 1. The Kier molecular flexibility index (Phi) is 4.51. The van der Waals surface area contributed by atoms with Crippen LogP contribution in [0.1, 0.15) is 5.69 Å². The summed E-state index contributed by atoms with van der Waals surface area (Å²) in [5.41, 5.74) is -0.259. The molecule has 0 bridgehead atoms. The Morgan fingerprint density at radius 2 is 2.14 bits per heavy atom. The van der Waals surface area contributed by atoms with Gasteiger partial charge in [0.15, 0.2) is 8.68 Å². The van der Waals surface area contributed by atoms with Crippen LogP contribution in [-0.4, -0.2) is 18.3 Å². The van der Waals surface area contributed by atoms with E-state index in [1.54, 1.807) is 0 Å². The number of nitrogens with zero attached hydrogens (tertiary/aromatic N) is 2. The van der Waals surface area contributed by atoms with E-state index in [1.807, 2.05) is 0 Å². The third-order valence-corrected chi connectivity index (χ3v) is 6.10. The zero-order valence-electron chi connectivity index (χ0n) is 10.3. The van der Waals surface area contributed by atoms with Crippen LogP contribution in [0.15, 0.2) is 26.9 Å². The van der Waals surface area contributed by atoms with Crippen LogP contribution in [0.4, 0.5) is 11.4 Å². The number of nitrogens with one attached hydrogen (secondary N) is 1. The minimum Gasteiger partial charge on any atom is -0.272 e. The van der Waals surface area contributed by atoms with Crippen molar-refractivity contribution in [1.82, 2.24) is 4.98 Å². The number of nitro groups is 1. The minimum absolute atomic E-state index is 0.0790. The molecule has 0 fully saturated rings. The monoisotopic (exact) mass is 411 g/mol. The molecule has 0 aliphatic heterocycles. The van der Waals surface area contributed by atoms with E-state index in [0.29, 0.717) is 4.47 Å². The van der Waals surface area contributed by atoms with Gasteiger partial charge in [-0.05, 0) is 19.1 Å². The standard InChI is InChI=1S/C10H7BrClN3O4S2/c1-5-9(20-10(12)13-5)21(18,19)14-7-3-2-6(11)4-8(7)15(16)17/h2-4,14H,1H3. The van der Waals surface area contributed by atoms with Gasteiger partial charge in [0.1, 0.15) is 5.69 Å². The summed E-state index contributed by atoms with van der Waals surface area (Å²) >= 11 is 9.56. The molecule has 1 N–H and O–H groups in total. The lowest BCUT2D eigenvalue weighted by atomic mass is 10.3. The summed E-state index contributed by atoms with van der Waals surface area (Å²) < 4.78 is 27.2. The highest BCUT2D eigenvalue weighted by atomic mass is 79.9. The molecule has 1 heterocycles. The van der Waals surface area contributed by atoms with Crippen LogP contribution in [0.5, 0.6) is 0 Å². The summed E-state index contributed by atoms with van der Waals surface area (Å²) in [6.07, 6.45) is 0. The first kappa shape index (κ1) is 16.1. The third-order valence-electron chi connectivity index (χ3n) is 2.37. The van der Waals surface area contributed by atoms with Crippen molar-refractivity contribution in [3.8, 4) is 0 Å². The fourth-order valence-corrected chi connectivity index (χ4v) is 4.70. The van der Waals surface area contributed by atoms with Gasteiger partial charge >= 0.3 is 0 Å². The first-order valence-electron chi connectivity index (χ1n) is 5.30. The van der Waals surface area contributed by atoms with Gasteiger partial charge in [-0.1, -0.05) is 38.9 Å². The number of sulfonamides is 1. The van der Waals surface area contributed by atoms with Gasteiger partial charge in [0.25, 0.3) is 15.7 Å². The Morgan fingerprint density at radius 3 is 2.67 bits per heavy atom. The summed E-state index contributed by atoms with van der Waals surface area (Å²) in [5.74, 6) is 0. The van der Waals surface area contributed by atoms with Crippen molar-refractivity contribution in [1.29, 1.82) is 0 Å². The van der Waals surface area contributed by atoms with Gasteiger partial charge in [-0.2, -0.15) is 0 Å². The molecule has 112 valence electrons. The minimum atomic E-state index is -3.99. The SMILES string of the molecule is Cc1nc(Cl)sc1S(=O)(=O)Nc1ccc(Br)cc1[N+](=O)[O-]. The van der Waals surface area contributed by atoms with Crippen molar-refractivity contribution in [3.63, 3.8) is 0 Å². The van der Waals surface area contributed by atoms with E-state index in [9.17, 15) is 18.5 Å². The van der Waals surface area contributed by atoms with Crippen LogP contribution in [0.2, 0.25) is 4.47 Å². The highest BCUT2D eigenvalue weighted by Gasteiger charge is 2.25. The maximum absolute atomic E-state index is 12.3. The van der Waals surface area contributed by atoms with Crippen LogP contribution >= 0.6 is 38.9 Å². The van der Waals surface area contributed by atoms with Crippen molar-refractivity contribution in [3.05, 3.63) is 42.9 Å². The zero-order valence-corrected chi connectivity index (χ0v) is 14.3. The van der Waals surface area contributed by atoms with Crippen molar-refractivity contribution in [2.45, 2.75) is 11.1 Å². The quantitative estimate of drug-likeness (QED) is 0.611. The first-order chi connectivity index (χ1) is 9.70. The van der Waals surface area contributed by atoms with Gasteiger partial charge in [0.2, 0.25) is 0 Å². The predicted octanol–water partition coefficient (Wildman–Crippen LogP) is 3.58. The average Bonchev–Trinajstić information content (AvgIpc) is 2.71. The highest BCUT2D eigenvalue weighted by molar-refractivity contribution is 9.10. The number of aryl methyl sites for hydroxylation is 1. The summed E-state index contributed by atoms with van der Waals surface area (Å²) in [4.78, 5) is 14.1. The van der Waals surface area contributed by atoms with E-state index in [2.05, 4.69) is 25.6 Å². The van der Waals surface area contributed by atoms with E-state index >= 15 is 0 Å². The van der Waals surface area contributed by atoms with Crippen LogP contribution < -0.4 is 4.72 Å². The third kappa shape index (κ3) is 3.51. The maximum atomic E-state index is 12.3. The molecule has 0 unspecified atom stereocenters. The number of hydrogen-bond donors (Lipinski definition) is 1. The number of rotatable bonds is 4. The number of nitro benzene ring substituents is 1. The fourth-order valence-electron chi connectivity index (χ4n) is 1.53. The summed E-state index contributed by atoms with van der Waals surface area (Å²) in [7, 11) is -3.99. The molecule has 1 aromatic heterocycles. The summed E-state index contributed by atoms with van der Waals surface area (Å²) in [6, 6.07) is 4.01. The molecule has 0 spiro atoms. The molecule has 7 nitrogen and oxygen atoms in total. The average molecular weight is 413 g/mol. The number of hydrogen-bond acceptors (Lipinski definition) is 6. The first-order valence-corrected chi connectivity index (χ1v) is 8.77. The summed E-state index contributed by atoms with van der Waals surface area (Å²) in [6.45, 7) is 1.49. The second-order valence-electron chi connectivity index (χ2n) is 3.86. The zero-order chi connectivity index (χ0) is 15.8. The molecular formula is C10H7BrClN3O4S2. The molecule has 2 rings (SSSR count). The van der Waals surface area contributed by atoms with E-state index < -0.39 is 14.9 Å².